The summed E-state index contributed by atoms with van der Waals surface area (Å²) in [4.78, 5) is 19.1. The fourth-order valence-corrected chi connectivity index (χ4v) is 2.50. The van der Waals surface area contributed by atoms with E-state index in [9.17, 15) is 10.1 Å². The first-order valence-electron chi connectivity index (χ1n) is 6.14. The van der Waals surface area contributed by atoms with E-state index < -0.39 is 4.92 Å². The Morgan fingerprint density at radius 1 is 1.35 bits per heavy atom. The second kappa shape index (κ2) is 4.82. The molecule has 0 bridgehead atoms. The SMILES string of the molecule is Nc1nc(-c2cccc([N+](=O)[O-])c2)nc(C2CC2)c1Br. The highest BCUT2D eigenvalue weighted by atomic mass is 79.9. The van der Waals surface area contributed by atoms with Gasteiger partial charge < -0.3 is 5.73 Å². The number of benzene rings is 1. The average Bonchev–Trinajstić information content (AvgIpc) is 3.26. The Morgan fingerprint density at radius 2 is 2.10 bits per heavy atom. The number of nitrogens with zero attached hydrogens (tertiary/aromatic N) is 3. The van der Waals surface area contributed by atoms with Crippen LogP contribution in [0.25, 0.3) is 11.4 Å². The van der Waals surface area contributed by atoms with Crippen molar-refractivity contribution in [3.63, 3.8) is 0 Å². The first-order chi connectivity index (χ1) is 9.56. The highest BCUT2D eigenvalue weighted by Crippen LogP contribution is 2.44. The molecule has 1 aliphatic carbocycles. The number of hydrogen-bond acceptors (Lipinski definition) is 5. The molecule has 20 heavy (non-hydrogen) atoms. The molecule has 0 radical (unpaired) electrons. The molecule has 0 atom stereocenters. The third-order valence-corrected chi connectivity index (χ3v) is 3.99. The highest BCUT2D eigenvalue weighted by molar-refractivity contribution is 9.10. The molecule has 1 saturated carbocycles. The van der Waals surface area contributed by atoms with Gasteiger partial charge in [-0.3, -0.25) is 10.1 Å². The van der Waals surface area contributed by atoms with Crippen LogP contribution in [0.15, 0.2) is 28.7 Å². The van der Waals surface area contributed by atoms with Crippen molar-refractivity contribution in [3.8, 4) is 11.4 Å². The van der Waals surface area contributed by atoms with Gasteiger partial charge in [0, 0.05) is 23.6 Å². The lowest BCUT2D eigenvalue weighted by Gasteiger charge is -2.08. The van der Waals surface area contributed by atoms with Gasteiger partial charge in [-0.25, -0.2) is 9.97 Å². The number of halogens is 1. The average molecular weight is 335 g/mol. The number of rotatable bonds is 3. The van der Waals surface area contributed by atoms with E-state index in [1.807, 2.05) is 0 Å². The molecule has 0 aliphatic heterocycles. The van der Waals surface area contributed by atoms with Gasteiger partial charge in [0.2, 0.25) is 0 Å². The maximum absolute atomic E-state index is 10.8. The minimum absolute atomic E-state index is 0.0144. The lowest BCUT2D eigenvalue weighted by molar-refractivity contribution is -0.384. The van der Waals surface area contributed by atoms with Crippen molar-refractivity contribution in [1.82, 2.24) is 9.97 Å². The smallest absolute Gasteiger partial charge is 0.270 e. The van der Waals surface area contributed by atoms with Crippen LogP contribution < -0.4 is 5.73 Å². The van der Waals surface area contributed by atoms with Crippen LogP contribution in [0.2, 0.25) is 0 Å². The maximum atomic E-state index is 10.8. The lowest BCUT2D eigenvalue weighted by atomic mass is 10.1. The second-order valence-electron chi connectivity index (χ2n) is 4.71. The van der Waals surface area contributed by atoms with E-state index in [1.165, 1.54) is 12.1 Å². The molecule has 1 aliphatic rings. The van der Waals surface area contributed by atoms with Crippen molar-refractivity contribution in [2.24, 2.45) is 0 Å². The topological polar surface area (TPSA) is 94.9 Å². The molecule has 6 nitrogen and oxygen atoms in total. The minimum Gasteiger partial charge on any atom is -0.383 e. The monoisotopic (exact) mass is 334 g/mol. The molecule has 102 valence electrons. The number of aromatic nitrogens is 2. The molecule has 3 rings (SSSR count). The van der Waals surface area contributed by atoms with Crippen LogP contribution in [0, 0.1) is 10.1 Å². The summed E-state index contributed by atoms with van der Waals surface area (Å²) >= 11 is 3.41. The van der Waals surface area contributed by atoms with Crippen LogP contribution >= 0.6 is 15.9 Å². The van der Waals surface area contributed by atoms with E-state index in [2.05, 4.69) is 25.9 Å². The van der Waals surface area contributed by atoms with E-state index in [4.69, 9.17) is 5.73 Å². The zero-order valence-corrected chi connectivity index (χ0v) is 12.0. The number of nitrogens with two attached hydrogens (primary N) is 1. The molecule has 7 heteroatoms. The molecule has 0 unspecified atom stereocenters. The first kappa shape index (κ1) is 13.0. The highest BCUT2D eigenvalue weighted by Gasteiger charge is 2.29. The number of nitro groups is 1. The number of anilines is 1. The van der Waals surface area contributed by atoms with Crippen molar-refractivity contribution in [2.45, 2.75) is 18.8 Å². The van der Waals surface area contributed by atoms with Gasteiger partial charge in [0.25, 0.3) is 5.69 Å². The summed E-state index contributed by atoms with van der Waals surface area (Å²) < 4.78 is 0.731. The van der Waals surface area contributed by atoms with Gasteiger partial charge in [0.05, 0.1) is 15.1 Å². The fourth-order valence-electron chi connectivity index (χ4n) is 2.00. The van der Waals surface area contributed by atoms with Crippen LogP contribution in [-0.4, -0.2) is 14.9 Å². The second-order valence-corrected chi connectivity index (χ2v) is 5.51. The van der Waals surface area contributed by atoms with Gasteiger partial charge in [0.1, 0.15) is 5.82 Å². The van der Waals surface area contributed by atoms with E-state index in [-0.39, 0.29) is 5.69 Å². The summed E-state index contributed by atoms with van der Waals surface area (Å²) in [5, 5.41) is 10.8. The largest absolute Gasteiger partial charge is 0.383 e. The van der Waals surface area contributed by atoms with E-state index >= 15 is 0 Å². The lowest BCUT2D eigenvalue weighted by Crippen LogP contribution is -2.02. The number of nitro benzene ring substituents is 1. The maximum Gasteiger partial charge on any atom is 0.270 e. The molecule has 0 spiro atoms. The number of nitrogen functional groups attached to an aromatic ring is 1. The molecular weight excluding hydrogens is 324 g/mol. The standard InChI is InChI=1S/C13H11BrN4O2/c14-10-11(7-4-5-7)16-13(17-12(10)15)8-2-1-3-9(6-8)18(19)20/h1-3,6-7H,4-5H2,(H2,15,16,17). The fraction of sp³-hybridized carbons (Fsp3) is 0.231. The Morgan fingerprint density at radius 3 is 2.75 bits per heavy atom. The number of non-ortho nitro benzene ring substituents is 1. The summed E-state index contributed by atoms with van der Waals surface area (Å²) in [6.07, 6.45) is 2.17. The molecule has 0 amide bonds. The van der Waals surface area contributed by atoms with Gasteiger partial charge in [0.15, 0.2) is 5.82 Å². The van der Waals surface area contributed by atoms with Crippen molar-refractivity contribution in [1.29, 1.82) is 0 Å². The molecule has 1 fully saturated rings. The zero-order valence-electron chi connectivity index (χ0n) is 10.4. The summed E-state index contributed by atoms with van der Waals surface area (Å²) in [6.45, 7) is 0. The third-order valence-electron chi connectivity index (χ3n) is 3.18. The Balaban J connectivity index is 2.10. The van der Waals surface area contributed by atoms with Crippen molar-refractivity contribution < 1.29 is 4.92 Å². The molecule has 1 aromatic heterocycles. The summed E-state index contributed by atoms with van der Waals surface area (Å²) in [5.74, 6) is 1.20. The molecule has 0 saturated heterocycles. The normalized spacial score (nSPS) is 14.2. The van der Waals surface area contributed by atoms with Crippen LogP contribution in [0.3, 0.4) is 0 Å². The Hall–Kier alpha value is -2.02. The van der Waals surface area contributed by atoms with Crippen LogP contribution in [0.5, 0.6) is 0 Å². The summed E-state index contributed by atoms with van der Waals surface area (Å²) in [6, 6.07) is 6.26. The van der Waals surface area contributed by atoms with Gasteiger partial charge in [-0.2, -0.15) is 0 Å². The summed E-state index contributed by atoms with van der Waals surface area (Å²) in [5.41, 5.74) is 7.39. The Kier molecular flexibility index (Phi) is 3.13. The van der Waals surface area contributed by atoms with Crippen molar-refractivity contribution in [2.75, 3.05) is 5.73 Å². The van der Waals surface area contributed by atoms with Gasteiger partial charge >= 0.3 is 0 Å². The summed E-state index contributed by atoms with van der Waals surface area (Å²) in [7, 11) is 0. The molecule has 2 aromatic rings. The predicted octanol–water partition coefficient (Wildman–Crippen LogP) is 3.27. The molecular formula is C13H11BrN4O2. The number of hydrogen-bond donors (Lipinski definition) is 1. The first-order valence-corrected chi connectivity index (χ1v) is 6.93. The minimum atomic E-state index is -0.437. The van der Waals surface area contributed by atoms with Crippen LogP contribution in [0.1, 0.15) is 24.5 Å². The van der Waals surface area contributed by atoms with Gasteiger partial charge in [-0.1, -0.05) is 12.1 Å². The van der Waals surface area contributed by atoms with Crippen molar-refractivity contribution in [3.05, 3.63) is 44.5 Å². The van der Waals surface area contributed by atoms with Crippen molar-refractivity contribution >= 4 is 27.4 Å². The van der Waals surface area contributed by atoms with E-state index in [0.29, 0.717) is 23.1 Å². The molecule has 2 N–H and O–H groups in total. The Bertz CT molecular complexity index is 701. The van der Waals surface area contributed by atoms with E-state index in [1.54, 1.807) is 12.1 Å². The predicted molar refractivity (Wildman–Crippen MR) is 78.2 cm³/mol. The Labute approximate surface area is 123 Å². The van der Waals surface area contributed by atoms with Gasteiger partial charge in [-0.15, -0.1) is 0 Å². The van der Waals surface area contributed by atoms with Crippen LogP contribution in [0.4, 0.5) is 11.5 Å². The molecule has 1 heterocycles. The molecule has 1 aromatic carbocycles. The zero-order chi connectivity index (χ0) is 14.3. The third kappa shape index (κ3) is 2.36. The quantitative estimate of drug-likeness (QED) is 0.686. The van der Waals surface area contributed by atoms with Crippen LogP contribution in [-0.2, 0) is 0 Å². The van der Waals surface area contributed by atoms with E-state index in [0.717, 1.165) is 23.0 Å². The van der Waals surface area contributed by atoms with Gasteiger partial charge in [-0.05, 0) is 28.8 Å².